The van der Waals surface area contributed by atoms with Crippen LogP contribution < -0.4 is 10.6 Å². The van der Waals surface area contributed by atoms with Crippen LogP contribution in [0.3, 0.4) is 0 Å². The normalized spacial score (nSPS) is 27.3. The second-order valence-electron chi connectivity index (χ2n) is 6.96. The molecule has 0 aliphatic carbocycles. The van der Waals surface area contributed by atoms with Crippen molar-refractivity contribution in [3.8, 4) is 0 Å². The minimum atomic E-state index is -0.429. The van der Waals surface area contributed by atoms with Crippen molar-refractivity contribution >= 4 is 35.3 Å². The van der Waals surface area contributed by atoms with E-state index in [0.717, 1.165) is 23.4 Å². The van der Waals surface area contributed by atoms with Gasteiger partial charge in [-0.1, -0.05) is 6.07 Å². The maximum Gasteiger partial charge on any atom is 0.319 e. The number of thioether (sulfide) groups is 1. The van der Waals surface area contributed by atoms with Crippen LogP contribution in [0.2, 0.25) is 0 Å². The molecule has 1 aromatic rings. The lowest BCUT2D eigenvalue weighted by Crippen LogP contribution is -2.60. The van der Waals surface area contributed by atoms with Gasteiger partial charge in [-0.05, 0) is 43.7 Å². The van der Waals surface area contributed by atoms with Crippen molar-refractivity contribution in [2.24, 2.45) is 0 Å². The van der Waals surface area contributed by atoms with E-state index in [1.807, 2.05) is 30.5 Å². The Morgan fingerprint density at radius 2 is 2.00 bits per heavy atom. The largest absolute Gasteiger partial charge is 0.333 e. The Labute approximate surface area is 156 Å². The van der Waals surface area contributed by atoms with E-state index in [4.69, 9.17) is 0 Å². The van der Waals surface area contributed by atoms with Gasteiger partial charge in [-0.2, -0.15) is 0 Å². The van der Waals surface area contributed by atoms with Crippen LogP contribution >= 0.6 is 11.8 Å². The molecule has 3 saturated heterocycles. The summed E-state index contributed by atoms with van der Waals surface area (Å²) in [4.78, 5) is 42.0. The fraction of sp³-hybridized carbons (Fsp3) is 0.500. The molecule has 0 spiro atoms. The van der Waals surface area contributed by atoms with Gasteiger partial charge in [0.25, 0.3) is 0 Å². The van der Waals surface area contributed by atoms with Gasteiger partial charge in [0.1, 0.15) is 12.1 Å². The van der Waals surface area contributed by atoms with Gasteiger partial charge < -0.3 is 20.4 Å². The zero-order valence-corrected chi connectivity index (χ0v) is 15.4. The first kappa shape index (κ1) is 17.2. The summed E-state index contributed by atoms with van der Waals surface area (Å²) in [6, 6.07) is 6.36. The van der Waals surface area contributed by atoms with E-state index >= 15 is 0 Å². The van der Waals surface area contributed by atoms with Crippen molar-refractivity contribution in [2.75, 3.05) is 24.7 Å². The van der Waals surface area contributed by atoms with Crippen LogP contribution in [-0.2, 0) is 9.59 Å². The van der Waals surface area contributed by atoms with Crippen LogP contribution in [0.15, 0.2) is 29.2 Å². The van der Waals surface area contributed by atoms with Gasteiger partial charge in [-0.25, -0.2) is 4.79 Å². The molecule has 2 N–H and O–H groups in total. The molecule has 0 bridgehead atoms. The predicted octanol–water partition coefficient (Wildman–Crippen LogP) is 1.50. The van der Waals surface area contributed by atoms with Crippen molar-refractivity contribution in [3.05, 3.63) is 24.3 Å². The third-order valence-electron chi connectivity index (χ3n) is 5.35. The number of nitrogens with one attached hydrogen (secondary N) is 2. The molecule has 8 heteroatoms. The number of carbonyl (C=O) groups excluding carboxylic acids is 3. The van der Waals surface area contributed by atoms with Gasteiger partial charge in [0.05, 0.1) is 6.04 Å². The van der Waals surface area contributed by atoms with Gasteiger partial charge >= 0.3 is 6.03 Å². The molecule has 0 saturated carbocycles. The highest BCUT2D eigenvalue weighted by atomic mass is 32.2. The summed E-state index contributed by atoms with van der Waals surface area (Å²) in [6.07, 6.45) is 4.10. The SMILES string of the molecule is CSc1cccc(NC(=O)N[C@H]2C[C@H]3C(=O)N4CCC[C@H]4C(=O)N3C2)c1. The number of urea groups is 1. The average Bonchev–Trinajstić information content (AvgIpc) is 3.27. The first-order chi connectivity index (χ1) is 12.6. The molecule has 4 amide bonds. The summed E-state index contributed by atoms with van der Waals surface area (Å²) in [5.41, 5.74) is 0.720. The van der Waals surface area contributed by atoms with E-state index in [-0.39, 0.29) is 29.9 Å². The molecule has 4 rings (SSSR count). The Balaban J connectivity index is 1.39. The van der Waals surface area contributed by atoms with Gasteiger partial charge in [0.2, 0.25) is 11.8 Å². The summed E-state index contributed by atoms with van der Waals surface area (Å²) in [6.45, 7) is 1.07. The minimum Gasteiger partial charge on any atom is -0.333 e. The first-order valence-corrected chi connectivity index (χ1v) is 10.1. The number of amides is 4. The number of carbonyl (C=O) groups is 3. The van der Waals surface area contributed by atoms with Gasteiger partial charge in [-0.15, -0.1) is 11.8 Å². The Hall–Kier alpha value is -2.22. The van der Waals surface area contributed by atoms with E-state index in [2.05, 4.69) is 10.6 Å². The number of anilines is 1. The van der Waals surface area contributed by atoms with E-state index < -0.39 is 6.04 Å². The van der Waals surface area contributed by atoms with Crippen molar-refractivity contribution < 1.29 is 14.4 Å². The van der Waals surface area contributed by atoms with Crippen LogP contribution in [0.4, 0.5) is 10.5 Å². The third kappa shape index (κ3) is 3.02. The summed E-state index contributed by atoms with van der Waals surface area (Å²) in [5.74, 6) is 0.0639. The molecule has 0 radical (unpaired) electrons. The van der Waals surface area contributed by atoms with E-state index in [9.17, 15) is 14.4 Å². The molecule has 7 nitrogen and oxygen atoms in total. The van der Waals surface area contributed by atoms with Crippen molar-refractivity contribution in [3.63, 3.8) is 0 Å². The van der Waals surface area contributed by atoms with Gasteiger partial charge in [0.15, 0.2) is 0 Å². The van der Waals surface area contributed by atoms with E-state index in [1.54, 1.807) is 21.6 Å². The highest BCUT2D eigenvalue weighted by Gasteiger charge is 2.51. The molecule has 3 aliphatic rings. The zero-order valence-electron chi connectivity index (χ0n) is 14.6. The second kappa shape index (κ2) is 6.83. The molecular weight excluding hydrogens is 352 g/mol. The highest BCUT2D eigenvalue weighted by Crippen LogP contribution is 2.32. The molecule has 26 heavy (non-hydrogen) atoms. The maximum atomic E-state index is 12.6. The topological polar surface area (TPSA) is 81.8 Å². The number of hydrogen-bond acceptors (Lipinski definition) is 4. The second-order valence-corrected chi connectivity index (χ2v) is 7.84. The maximum absolute atomic E-state index is 12.6. The lowest BCUT2D eigenvalue weighted by molar-refractivity contribution is -0.156. The molecule has 138 valence electrons. The van der Waals surface area contributed by atoms with Crippen LogP contribution in [0, 0.1) is 0 Å². The Bertz CT molecular complexity index is 726. The van der Waals surface area contributed by atoms with E-state index in [1.165, 1.54) is 0 Å². The first-order valence-electron chi connectivity index (χ1n) is 8.89. The van der Waals surface area contributed by atoms with Crippen LogP contribution in [-0.4, -0.2) is 65.1 Å². The summed E-state index contributed by atoms with van der Waals surface area (Å²) >= 11 is 1.61. The highest BCUT2D eigenvalue weighted by molar-refractivity contribution is 7.98. The van der Waals surface area contributed by atoms with E-state index in [0.29, 0.717) is 19.5 Å². The lowest BCUT2D eigenvalue weighted by atomic mass is 10.1. The summed E-state index contributed by atoms with van der Waals surface area (Å²) < 4.78 is 0. The third-order valence-corrected chi connectivity index (χ3v) is 6.08. The van der Waals surface area contributed by atoms with Crippen molar-refractivity contribution in [1.29, 1.82) is 0 Å². The Kier molecular flexibility index (Phi) is 4.52. The molecule has 1 aromatic carbocycles. The standard InChI is InChI=1S/C18H22N4O3S/c1-26-13-5-2-4-11(8-13)19-18(25)20-12-9-15-17(24)21-7-3-6-14(21)16(23)22(15)10-12/h2,4-5,8,12,14-15H,3,6-7,9-10H2,1H3,(H2,19,20,25)/t12-,14-,15-/m0/s1. The predicted molar refractivity (Wildman–Crippen MR) is 99.0 cm³/mol. The van der Waals surface area contributed by atoms with Crippen LogP contribution in [0.5, 0.6) is 0 Å². The number of hydrogen-bond donors (Lipinski definition) is 2. The summed E-state index contributed by atoms with van der Waals surface area (Å²) in [7, 11) is 0. The number of piperazine rings is 1. The Morgan fingerprint density at radius 1 is 1.19 bits per heavy atom. The smallest absolute Gasteiger partial charge is 0.319 e. The lowest BCUT2D eigenvalue weighted by Gasteiger charge is -2.38. The van der Waals surface area contributed by atoms with Crippen molar-refractivity contribution in [1.82, 2.24) is 15.1 Å². The molecule has 3 aliphatic heterocycles. The summed E-state index contributed by atoms with van der Waals surface area (Å²) in [5, 5.41) is 5.73. The fourth-order valence-corrected chi connectivity index (χ4v) is 4.60. The molecule has 0 unspecified atom stereocenters. The monoisotopic (exact) mass is 374 g/mol. The van der Waals surface area contributed by atoms with Crippen LogP contribution in [0.25, 0.3) is 0 Å². The number of rotatable bonds is 3. The fourth-order valence-electron chi connectivity index (χ4n) is 4.14. The molecule has 3 atom stereocenters. The Morgan fingerprint density at radius 3 is 2.81 bits per heavy atom. The molecule has 3 heterocycles. The van der Waals surface area contributed by atoms with Crippen LogP contribution in [0.1, 0.15) is 19.3 Å². The average molecular weight is 374 g/mol. The van der Waals surface area contributed by atoms with Crippen molar-refractivity contribution in [2.45, 2.75) is 42.3 Å². The molecule has 0 aromatic heterocycles. The zero-order chi connectivity index (χ0) is 18.3. The number of benzene rings is 1. The molecular formula is C18H22N4O3S. The number of fused-ring (bicyclic) bond motifs is 2. The quantitative estimate of drug-likeness (QED) is 0.786. The van der Waals surface area contributed by atoms with Gasteiger partial charge in [0, 0.05) is 23.7 Å². The number of nitrogens with zero attached hydrogens (tertiary/aromatic N) is 2. The minimum absolute atomic E-state index is 0.0319. The molecule has 3 fully saturated rings. The van der Waals surface area contributed by atoms with Gasteiger partial charge in [-0.3, -0.25) is 9.59 Å².